The minimum Gasteiger partial charge on any atom is -0.507 e. The van der Waals surface area contributed by atoms with E-state index in [9.17, 15) is 18.3 Å². The highest BCUT2D eigenvalue weighted by molar-refractivity contribution is 8.00. The average Bonchev–Trinajstić information content (AvgIpc) is 2.95. The SMILES string of the molecule is C=CCC1=C2C=CC(=C1)S2(=O)=O.CCOc1ccc(C(=O)O)c(O)c1. The number of hydrogen-bond donors (Lipinski definition) is 2. The molecule has 2 heterocycles. The van der Waals surface area contributed by atoms with Gasteiger partial charge in [-0.3, -0.25) is 0 Å². The smallest absolute Gasteiger partial charge is 0.339 e. The molecule has 1 aromatic rings. The molecule has 2 bridgehead atoms. The van der Waals surface area contributed by atoms with Crippen LogP contribution in [0, 0.1) is 0 Å². The molecule has 3 rings (SSSR count). The molecule has 132 valence electrons. The Hall–Kier alpha value is -2.80. The van der Waals surface area contributed by atoms with Crippen LogP contribution in [-0.4, -0.2) is 31.2 Å². The first-order valence-electron chi connectivity index (χ1n) is 7.49. The molecule has 7 heteroatoms. The highest BCUT2D eigenvalue weighted by Crippen LogP contribution is 2.38. The van der Waals surface area contributed by atoms with Crippen LogP contribution in [0.1, 0.15) is 23.7 Å². The molecule has 0 aliphatic carbocycles. The highest BCUT2D eigenvalue weighted by Gasteiger charge is 2.32. The van der Waals surface area contributed by atoms with Gasteiger partial charge in [-0.1, -0.05) is 6.08 Å². The van der Waals surface area contributed by atoms with Gasteiger partial charge in [0.2, 0.25) is 9.84 Å². The summed E-state index contributed by atoms with van der Waals surface area (Å²) in [5.41, 5.74) is 0.742. The first-order valence-corrected chi connectivity index (χ1v) is 8.97. The van der Waals surface area contributed by atoms with E-state index in [-0.39, 0.29) is 11.3 Å². The number of rotatable bonds is 5. The van der Waals surface area contributed by atoms with E-state index in [4.69, 9.17) is 9.84 Å². The third-order valence-corrected chi connectivity index (χ3v) is 5.36. The van der Waals surface area contributed by atoms with Crippen molar-refractivity contribution in [1.29, 1.82) is 0 Å². The van der Waals surface area contributed by atoms with E-state index in [2.05, 4.69) is 6.58 Å². The molecule has 0 fully saturated rings. The molecule has 0 saturated heterocycles. The molecule has 0 aromatic heterocycles. The van der Waals surface area contributed by atoms with Crippen LogP contribution >= 0.6 is 0 Å². The van der Waals surface area contributed by atoms with Gasteiger partial charge in [-0.2, -0.15) is 0 Å². The maximum atomic E-state index is 11.4. The number of benzene rings is 1. The number of carbonyl (C=O) groups is 1. The summed E-state index contributed by atoms with van der Waals surface area (Å²) in [6.07, 6.45) is 7.35. The molecule has 0 radical (unpaired) electrons. The van der Waals surface area contributed by atoms with Crippen molar-refractivity contribution in [2.24, 2.45) is 0 Å². The summed E-state index contributed by atoms with van der Waals surface area (Å²) < 4.78 is 27.9. The topological polar surface area (TPSA) is 101 Å². The van der Waals surface area contributed by atoms with Crippen molar-refractivity contribution in [3.8, 4) is 11.5 Å². The van der Waals surface area contributed by atoms with E-state index < -0.39 is 15.8 Å². The van der Waals surface area contributed by atoms with Gasteiger partial charge in [0.05, 0.1) is 16.4 Å². The van der Waals surface area contributed by atoms with E-state index in [1.54, 1.807) is 24.3 Å². The predicted molar refractivity (Wildman–Crippen MR) is 94.2 cm³/mol. The molecule has 25 heavy (non-hydrogen) atoms. The molecule has 0 saturated carbocycles. The molecule has 0 unspecified atom stereocenters. The predicted octanol–water partition coefficient (Wildman–Crippen LogP) is 3.19. The lowest BCUT2D eigenvalue weighted by atomic mass is 10.1. The Morgan fingerprint density at radius 1 is 1.32 bits per heavy atom. The Bertz CT molecular complexity index is 903. The first kappa shape index (κ1) is 18.5. The standard InChI is InChI=1S/C9H10O4.C9H8O2S/c1-2-13-6-3-4-7(9(11)12)8(10)5-6;1-2-3-7-6-8-4-5-9(7)12(8,10)11/h3-5,10H,2H2,1H3,(H,11,12);2,4-6H,1,3H2. The van der Waals surface area contributed by atoms with E-state index >= 15 is 0 Å². The Morgan fingerprint density at radius 3 is 2.48 bits per heavy atom. The number of aromatic carboxylic acids is 1. The fraction of sp³-hybridized carbons (Fsp3) is 0.167. The summed E-state index contributed by atoms with van der Waals surface area (Å²) in [6.45, 7) is 5.86. The van der Waals surface area contributed by atoms with Crippen molar-refractivity contribution in [2.45, 2.75) is 13.3 Å². The lowest BCUT2D eigenvalue weighted by Crippen LogP contribution is -1.97. The number of ether oxygens (including phenoxy) is 1. The van der Waals surface area contributed by atoms with Gasteiger partial charge in [0, 0.05) is 6.07 Å². The van der Waals surface area contributed by atoms with Crippen LogP contribution in [0.15, 0.2) is 64.5 Å². The molecule has 2 aliphatic rings. The van der Waals surface area contributed by atoms with E-state index in [1.807, 2.05) is 6.92 Å². The molecule has 0 amide bonds. The van der Waals surface area contributed by atoms with Crippen LogP contribution in [0.3, 0.4) is 0 Å². The van der Waals surface area contributed by atoms with E-state index in [0.29, 0.717) is 28.6 Å². The number of carboxylic acid groups (broad SMARTS) is 1. The van der Waals surface area contributed by atoms with Gasteiger partial charge in [-0.05, 0) is 49.3 Å². The summed E-state index contributed by atoms with van der Waals surface area (Å²) in [7, 11) is -3.08. The zero-order valence-electron chi connectivity index (χ0n) is 13.6. The molecule has 1 aromatic carbocycles. The summed E-state index contributed by atoms with van der Waals surface area (Å²) >= 11 is 0. The highest BCUT2D eigenvalue weighted by atomic mass is 32.2. The Kier molecular flexibility index (Phi) is 5.48. The van der Waals surface area contributed by atoms with E-state index in [0.717, 1.165) is 5.57 Å². The van der Waals surface area contributed by atoms with Crippen LogP contribution in [-0.2, 0) is 9.84 Å². The quantitative estimate of drug-likeness (QED) is 0.780. The van der Waals surface area contributed by atoms with Gasteiger partial charge in [-0.15, -0.1) is 6.58 Å². The number of fused-ring (bicyclic) bond motifs is 2. The number of hydrogen-bond acceptors (Lipinski definition) is 5. The Morgan fingerprint density at radius 2 is 2.04 bits per heavy atom. The largest absolute Gasteiger partial charge is 0.507 e. The number of allylic oxidation sites excluding steroid dienone is 5. The normalized spacial score (nSPS) is 16.1. The molecule has 0 spiro atoms. The van der Waals surface area contributed by atoms with Crippen molar-refractivity contribution >= 4 is 15.8 Å². The van der Waals surface area contributed by atoms with Crippen LogP contribution < -0.4 is 4.74 Å². The van der Waals surface area contributed by atoms with Gasteiger partial charge in [-0.25, -0.2) is 13.2 Å². The Balaban J connectivity index is 0.000000181. The summed E-state index contributed by atoms with van der Waals surface area (Å²) in [5, 5.41) is 17.8. The fourth-order valence-corrected chi connectivity index (χ4v) is 3.91. The van der Waals surface area contributed by atoms with E-state index in [1.165, 1.54) is 18.2 Å². The molecular formula is C18H18O6S. The third kappa shape index (κ3) is 3.83. The minimum absolute atomic E-state index is 0.122. The molecular weight excluding hydrogens is 344 g/mol. The van der Waals surface area contributed by atoms with Gasteiger partial charge in [0.15, 0.2) is 0 Å². The summed E-state index contributed by atoms with van der Waals surface area (Å²) in [5.74, 6) is -0.969. The van der Waals surface area contributed by atoms with Crippen molar-refractivity contribution in [2.75, 3.05) is 6.61 Å². The molecule has 2 N–H and O–H groups in total. The maximum Gasteiger partial charge on any atom is 0.339 e. The Labute approximate surface area is 146 Å². The molecule has 6 nitrogen and oxygen atoms in total. The third-order valence-electron chi connectivity index (χ3n) is 3.51. The van der Waals surface area contributed by atoms with Crippen molar-refractivity contribution in [1.82, 2.24) is 0 Å². The summed E-state index contributed by atoms with van der Waals surface area (Å²) in [6, 6.07) is 4.10. The fourth-order valence-electron chi connectivity index (χ4n) is 2.38. The monoisotopic (exact) mass is 362 g/mol. The van der Waals surface area contributed by atoms with Crippen LogP contribution in [0.25, 0.3) is 0 Å². The second-order valence-corrected chi connectivity index (χ2v) is 7.10. The average molecular weight is 362 g/mol. The molecule has 0 atom stereocenters. The van der Waals surface area contributed by atoms with Gasteiger partial charge < -0.3 is 14.9 Å². The number of phenols is 1. The number of aromatic hydroxyl groups is 1. The molecule has 2 aliphatic heterocycles. The van der Waals surface area contributed by atoms with Crippen molar-refractivity contribution in [3.05, 3.63) is 70.0 Å². The first-order chi connectivity index (χ1) is 11.8. The second kappa shape index (κ2) is 7.40. The van der Waals surface area contributed by atoms with Crippen LogP contribution in [0.5, 0.6) is 11.5 Å². The van der Waals surface area contributed by atoms with Crippen molar-refractivity contribution < 1.29 is 28.2 Å². The summed E-state index contributed by atoms with van der Waals surface area (Å²) in [4.78, 5) is 11.4. The van der Waals surface area contributed by atoms with Crippen LogP contribution in [0.4, 0.5) is 0 Å². The number of sulfone groups is 1. The maximum absolute atomic E-state index is 11.4. The minimum atomic E-state index is -3.08. The zero-order chi connectivity index (χ0) is 18.6. The zero-order valence-corrected chi connectivity index (χ0v) is 14.4. The van der Waals surface area contributed by atoms with Crippen molar-refractivity contribution in [3.63, 3.8) is 0 Å². The van der Waals surface area contributed by atoms with Gasteiger partial charge in [0.25, 0.3) is 0 Å². The van der Waals surface area contributed by atoms with Gasteiger partial charge >= 0.3 is 5.97 Å². The number of carboxylic acids is 1. The second-order valence-electron chi connectivity index (χ2n) is 5.18. The lowest BCUT2D eigenvalue weighted by Gasteiger charge is -2.04. The van der Waals surface area contributed by atoms with Gasteiger partial charge in [0.1, 0.15) is 17.1 Å². The van der Waals surface area contributed by atoms with Crippen LogP contribution in [0.2, 0.25) is 0 Å². The lowest BCUT2D eigenvalue weighted by molar-refractivity contribution is 0.0693.